The van der Waals surface area contributed by atoms with Crippen LogP contribution in [0.1, 0.15) is 91.5 Å². The first kappa shape index (κ1) is 32.9. The predicted molar refractivity (Wildman–Crippen MR) is 141 cm³/mol. The summed E-state index contributed by atoms with van der Waals surface area (Å²) >= 11 is 0. The molecule has 1 aromatic carbocycles. The number of aliphatic carboxylic acids is 1. The Kier molecular flexibility index (Phi) is 15.7. The molecule has 2 N–H and O–H groups in total. The standard InChI is InChI=1S/C28H43NO9/c1-6-8-10-12-25(30)37-23-15-14-21(17-24(23)38-26(31)13-11-9-7-2)16-22(27(32)33)29-18-20(5)36-28(34)35-19(3)4/h14-15,17,19-20,22,29H,6-13,16,18H2,1-5H3,(H,32,33)/t20?,22-/m0/s1. The topological polar surface area (TPSA) is 137 Å². The number of esters is 2. The van der Waals surface area contributed by atoms with Gasteiger partial charge in [0.05, 0.1) is 6.10 Å². The summed E-state index contributed by atoms with van der Waals surface area (Å²) in [6.07, 6.45) is 3.81. The number of carboxylic acids is 1. The maximum Gasteiger partial charge on any atom is 0.508 e. The first-order valence-corrected chi connectivity index (χ1v) is 13.4. The molecule has 0 radical (unpaired) electrons. The van der Waals surface area contributed by atoms with Gasteiger partial charge in [0.1, 0.15) is 12.1 Å². The number of benzene rings is 1. The molecule has 10 nitrogen and oxygen atoms in total. The number of hydrogen-bond acceptors (Lipinski definition) is 9. The molecule has 0 aliphatic carbocycles. The van der Waals surface area contributed by atoms with E-state index in [2.05, 4.69) is 5.32 Å². The van der Waals surface area contributed by atoms with Crippen LogP contribution in [0.3, 0.4) is 0 Å². The molecule has 0 spiro atoms. The Hall–Kier alpha value is -3.14. The molecule has 0 bridgehead atoms. The van der Waals surface area contributed by atoms with Crippen LogP contribution in [0, 0.1) is 0 Å². The number of carbonyl (C=O) groups is 4. The number of carbonyl (C=O) groups excluding carboxylic acids is 3. The van der Waals surface area contributed by atoms with Crippen molar-refractivity contribution in [2.75, 3.05) is 6.54 Å². The summed E-state index contributed by atoms with van der Waals surface area (Å²) in [4.78, 5) is 48.2. The van der Waals surface area contributed by atoms with Gasteiger partial charge >= 0.3 is 24.1 Å². The van der Waals surface area contributed by atoms with Gasteiger partial charge in [0.2, 0.25) is 0 Å². The van der Waals surface area contributed by atoms with Gasteiger partial charge in [-0.2, -0.15) is 0 Å². The minimum absolute atomic E-state index is 0.0452. The van der Waals surface area contributed by atoms with Crippen LogP contribution in [0.4, 0.5) is 4.79 Å². The fourth-order valence-electron chi connectivity index (χ4n) is 3.45. The molecule has 10 heteroatoms. The van der Waals surface area contributed by atoms with Crippen molar-refractivity contribution in [2.24, 2.45) is 0 Å². The van der Waals surface area contributed by atoms with Crippen LogP contribution in [0.25, 0.3) is 0 Å². The molecule has 1 unspecified atom stereocenters. The van der Waals surface area contributed by atoms with E-state index < -0.39 is 36.2 Å². The van der Waals surface area contributed by atoms with E-state index in [-0.39, 0.29) is 43.4 Å². The van der Waals surface area contributed by atoms with Gasteiger partial charge in [-0.25, -0.2) is 4.79 Å². The molecule has 0 saturated carbocycles. The van der Waals surface area contributed by atoms with Gasteiger partial charge < -0.3 is 29.4 Å². The SMILES string of the molecule is CCCCCC(=O)Oc1ccc(C[C@H](NCC(C)OC(=O)OC(C)C)C(=O)O)cc1OC(=O)CCCCC. The Bertz CT molecular complexity index is 900. The highest BCUT2D eigenvalue weighted by Crippen LogP contribution is 2.30. The first-order chi connectivity index (χ1) is 18.0. The highest BCUT2D eigenvalue weighted by atomic mass is 16.7. The predicted octanol–water partition coefficient (Wildman–Crippen LogP) is 5.19. The Balaban J connectivity index is 2.94. The molecule has 38 heavy (non-hydrogen) atoms. The van der Waals surface area contributed by atoms with Gasteiger partial charge in [-0.15, -0.1) is 0 Å². The van der Waals surface area contributed by atoms with Crippen molar-refractivity contribution >= 4 is 24.1 Å². The maximum atomic E-state index is 12.4. The molecule has 1 rings (SSSR count). The quantitative estimate of drug-likeness (QED) is 0.146. The average molecular weight is 538 g/mol. The van der Waals surface area contributed by atoms with Crippen molar-refractivity contribution in [3.63, 3.8) is 0 Å². The molecule has 2 atom stereocenters. The summed E-state index contributed by atoms with van der Waals surface area (Å²) in [5.74, 6) is -1.79. The average Bonchev–Trinajstić information content (AvgIpc) is 2.82. The number of carboxylic acid groups (broad SMARTS) is 1. The highest BCUT2D eigenvalue weighted by molar-refractivity contribution is 5.77. The van der Waals surface area contributed by atoms with E-state index in [1.165, 1.54) is 12.1 Å². The number of unbranched alkanes of at least 4 members (excludes halogenated alkanes) is 4. The third-order valence-electron chi connectivity index (χ3n) is 5.44. The molecule has 0 aromatic heterocycles. The van der Waals surface area contributed by atoms with Crippen molar-refractivity contribution in [3.8, 4) is 11.5 Å². The smallest absolute Gasteiger partial charge is 0.480 e. The lowest BCUT2D eigenvalue weighted by Crippen LogP contribution is -2.42. The molecule has 0 amide bonds. The number of nitrogens with one attached hydrogen (secondary N) is 1. The summed E-state index contributed by atoms with van der Waals surface area (Å²) in [6.45, 7) is 9.15. The van der Waals surface area contributed by atoms with Crippen LogP contribution in [-0.4, -0.2) is 54.0 Å². The highest BCUT2D eigenvalue weighted by Gasteiger charge is 2.22. The molecular weight excluding hydrogens is 494 g/mol. The largest absolute Gasteiger partial charge is 0.508 e. The van der Waals surface area contributed by atoms with Crippen molar-refractivity contribution in [1.82, 2.24) is 5.32 Å². The van der Waals surface area contributed by atoms with Crippen LogP contribution < -0.4 is 14.8 Å². The molecular formula is C28H43NO9. The molecule has 1 aromatic rings. The second-order valence-electron chi connectivity index (χ2n) is 9.49. The monoisotopic (exact) mass is 537 g/mol. The number of ether oxygens (including phenoxy) is 4. The molecule has 0 saturated heterocycles. The van der Waals surface area contributed by atoms with Crippen LogP contribution in [0.15, 0.2) is 18.2 Å². The summed E-state index contributed by atoms with van der Waals surface area (Å²) in [5, 5.41) is 12.6. The van der Waals surface area contributed by atoms with Gasteiger partial charge in [0.25, 0.3) is 0 Å². The van der Waals surface area contributed by atoms with Crippen LogP contribution in [0.2, 0.25) is 0 Å². The minimum atomic E-state index is -1.11. The van der Waals surface area contributed by atoms with Crippen molar-refractivity contribution in [1.29, 1.82) is 0 Å². The zero-order valence-electron chi connectivity index (χ0n) is 23.2. The minimum Gasteiger partial charge on any atom is -0.480 e. The van der Waals surface area contributed by atoms with Crippen molar-refractivity contribution < 1.29 is 43.2 Å². The van der Waals surface area contributed by atoms with E-state index in [4.69, 9.17) is 18.9 Å². The summed E-state index contributed by atoms with van der Waals surface area (Å²) in [6, 6.07) is 3.64. The van der Waals surface area contributed by atoms with Gasteiger partial charge in [0.15, 0.2) is 11.5 Å². The van der Waals surface area contributed by atoms with E-state index in [9.17, 15) is 24.3 Å². The third kappa shape index (κ3) is 14.0. The lowest BCUT2D eigenvalue weighted by Gasteiger charge is -2.19. The van der Waals surface area contributed by atoms with E-state index in [1.54, 1.807) is 26.8 Å². The fourth-order valence-corrected chi connectivity index (χ4v) is 3.45. The van der Waals surface area contributed by atoms with Crippen LogP contribution >= 0.6 is 0 Å². The van der Waals surface area contributed by atoms with Gasteiger partial charge in [0, 0.05) is 19.4 Å². The lowest BCUT2D eigenvalue weighted by atomic mass is 10.0. The second kappa shape index (κ2) is 18.2. The summed E-state index contributed by atoms with van der Waals surface area (Å²) in [5.41, 5.74) is 0.555. The van der Waals surface area contributed by atoms with Gasteiger partial charge in [-0.05, 0) is 57.7 Å². The molecule has 0 aliphatic rings. The molecule has 0 aliphatic heterocycles. The zero-order valence-corrected chi connectivity index (χ0v) is 23.2. The van der Waals surface area contributed by atoms with E-state index in [1.807, 2.05) is 13.8 Å². The van der Waals surface area contributed by atoms with E-state index >= 15 is 0 Å². The maximum absolute atomic E-state index is 12.4. The molecule has 0 heterocycles. The van der Waals surface area contributed by atoms with Crippen LogP contribution in [0.5, 0.6) is 11.5 Å². The van der Waals surface area contributed by atoms with Crippen LogP contribution in [-0.2, 0) is 30.3 Å². The normalized spacial score (nSPS) is 12.5. The Morgan fingerprint density at radius 2 is 1.42 bits per heavy atom. The molecule has 0 fully saturated rings. The summed E-state index contributed by atoms with van der Waals surface area (Å²) in [7, 11) is 0. The Morgan fingerprint density at radius 3 is 1.95 bits per heavy atom. The van der Waals surface area contributed by atoms with E-state index in [0.29, 0.717) is 18.4 Å². The lowest BCUT2D eigenvalue weighted by molar-refractivity contribution is -0.139. The molecule has 214 valence electrons. The number of hydrogen-bond donors (Lipinski definition) is 2. The Labute approximate surface area is 225 Å². The van der Waals surface area contributed by atoms with Crippen molar-refractivity contribution in [3.05, 3.63) is 23.8 Å². The second-order valence-corrected chi connectivity index (χ2v) is 9.49. The third-order valence-corrected chi connectivity index (χ3v) is 5.44. The zero-order chi connectivity index (χ0) is 28.5. The fraction of sp³-hybridized carbons (Fsp3) is 0.643. The summed E-state index contributed by atoms with van der Waals surface area (Å²) < 4.78 is 21.0. The number of rotatable bonds is 18. The van der Waals surface area contributed by atoms with Gasteiger partial charge in [-0.3, -0.25) is 14.4 Å². The van der Waals surface area contributed by atoms with Crippen molar-refractivity contribution in [2.45, 2.75) is 111 Å². The first-order valence-electron chi connectivity index (χ1n) is 13.4. The van der Waals surface area contributed by atoms with Gasteiger partial charge in [-0.1, -0.05) is 45.6 Å². The Morgan fingerprint density at radius 1 is 0.842 bits per heavy atom. The van der Waals surface area contributed by atoms with E-state index in [0.717, 1.165) is 25.7 Å².